The maximum absolute atomic E-state index is 10.7. The van der Waals surface area contributed by atoms with E-state index < -0.39 is 5.97 Å². The summed E-state index contributed by atoms with van der Waals surface area (Å²) in [6, 6.07) is 7.31. The Morgan fingerprint density at radius 2 is 2.05 bits per heavy atom. The van der Waals surface area contributed by atoms with E-state index in [0.29, 0.717) is 11.6 Å². The normalized spacial score (nSPS) is 10.6. The van der Waals surface area contributed by atoms with E-state index in [1.807, 2.05) is 19.1 Å². The summed E-state index contributed by atoms with van der Waals surface area (Å²) in [6.45, 7) is 2.51. The van der Waals surface area contributed by atoms with Crippen LogP contribution >= 0.6 is 22.9 Å². The Morgan fingerprint density at radius 3 is 2.73 bits per heavy atom. The smallest absolute Gasteiger partial charge is 0.308 e. The lowest BCUT2D eigenvalue weighted by atomic mass is 10.2. The van der Waals surface area contributed by atoms with Crippen LogP contribution in [0.25, 0.3) is 0 Å². The van der Waals surface area contributed by atoms with Gasteiger partial charge < -0.3 is 9.84 Å². The van der Waals surface area contributed by atoms with Crippen molar-refractivity contribution in [2.75, 3.05) is 6.61 Å². The molecule has 0 bridgehead atoms. The number of aromatic nitrogens is 1. The van der Waals surface area contributed by atoms with Gasteiger partial charge in [-0.15, -0.1) is 11.3 Å². The first-order valence-electron chi connectivity index (χ1n) is 7.10. The van der Waals surface area contributed by atoms with Gasteiger partial charge in [-0.3, -0.25) is 4.79 Å². The zero-order chi connectivity index (χ0) is 15.9. The summed E-state index contributed by atoms with van der Waals surface area (Å²) >= 11 is 7.31. The van der Waals surface area contributed by atoms with Crippen LogP contribution in [0, 0.1) is 6.92 Å². The molecule has 118 valence electrons. The van der Waals surface area contributed by atoms with Gasteiger partial charge in [-0.1, -0.05) is 11.6 Å². The van der Waals surface area contributed by atoms with Crippen LogP contribution in [-0.2, 0) is 17.6 Å². The second-order valence-corrected chi connectivity index (χ2v) is 6.55. The van der Waals surface area contributed by atoms with Gasteiger partial charge in [-0.05, 0) is 50.5 Å². The Hall–Kier alpha value is -1.59. The van der Waals surface area contributed by atoms with Gasteiger partial charge in [0.1, 0.15) is 5.75 Å². The predicted octanol–water partition coefficient (Wildman–Crippen LogP) is 4.13. The summed E-state index contributed by atoms with van der Waals surface area (Å²) in [5.74, 6) is 0.00732. The molecule has 0 fully saturated rings. The molecule has 0 aliphatic heterocycles. The maximum atomic E-state index is 10.7. The lowest BCUT2D eigenvalue weighted by molar-refractivity contribution is -0.136. The number of carboxylic acid groups (broad SMARTS) is 1. The Balaban J connectivity index is 1.70. The van der Waals surface area contributed by atoms with Crippen molar-refractivity contribution in [3.8, 4) is 5.75 Å². The van der Waals surface area contributed by atoms with Crippen molar-refractivity contribution in [3.63, 3.8) is 0 Å². The summed E-state index contributed by atoms with van der Waals surface area (Å²) < 4.78 is 5.63. The third-order valence-corrected chi connectivity index (χ3v) is 4.59. The molecule has 0 aliphatic carbocycles. The van der Waals surface area contributed by atoms with E-state index in [2.05, 4.69) is 4.98 Å². The number of aliphatic carboxylic acids is 1. The van der Waals surface area contributed by atoms with Crippen LogP contribution in [0.15, 0.2) is 24.3 Å². The highest BCUT2D eigenvalue weighted by Gasteiger charge is 2.10. The Labute approximate surface area is 138 Å². The highest BCUT2D eigenvalue weighted by molar-refractivity contribution is 7.11. The van der Waals surface area contributed by atoms with Crippen LogP contribution < -0.4 is 4.74 Å². The molecule has 1 aromatic carbocycles. The number of nitrogens with zero attached hydrogens (tertiary/aromatic N) is 1. The van der Waals surface area contributed by atoms with E-state index in [1.165, 1.54) is 11.3 Å². The Morgan fingerprint density at radius 1 is 1.32 bits per heavy atom. The Bertz CT molecular complexity index is 625. The average Bonchev–Trinajstić information content (AvgIpc) is 2.80. The van der Waals surface area contributed by atoms with Crippen LogP contribution in [-0.4, -0.2) is 22.7 Å². The minimum atomic E-state index is -0.810. The number of aryl methyl sites for hydroxylation is 2. The summed E-state index contributed by atoms with van der Waals surface area (Å²) in [4.78, 5) is 16.0. The van der Waals surface area contributed by atoms with Crippen molar-refractivity contribution in [3.05, 3.63) is 44.9 Å². The molecule has 0 amide bonds. The van der Waals surface area contributed by atoms with Gasteiger partial charge in [-0.25, -0.2) is 4.98 Å². The minimum absolute atomic E-state index is 0.0587. The number of carboxylic acids is 1. The molecule has 0 radical (unpaired) electrons. The first-order valence-corrected chi connectivity index (χ1v) is 8.29. The number of carbonyl (C=O) groups is 1. The van der Waals surface area contributed by atoms with E-state index >= 15 is 0 Å². The lowest BCUT2D eigenvalue weighted by Crippen LogP contribution is -1.99. The zero-order valence-electron chi connectivity index (χ0n) is 12.3. The number of benzene rings is 1. The molecule has 4 nitrogen and oxygen atoms in total. The van der Waals surface area contributed by atoms with Gasteiger partial charge in [0, 0.05) is 9.90 Å². The number of rotatable bonds is 8. The van der Waals surface area contributed by atoms with Crippen molar-refractivity contribution in [1.29, 1.82) is 0 Å². The molecule has 1 N–H and O–H groups in total. The quantitative estimate of drug-likeness (QED) is 0.734. The lowest BCUT2D eigenvalue weighted by Gasteiger charge is -2.05. The number of hydrogen-bond acceptors (Lipinski definition) is 4. The molecule has 0 saturated heterocycles. The molecule has 22 heavy (non-hydrogen) atoms. The van der Waals surface area contributed by atoms with Crippen LogP contribution in [0.5, 0.6) is 5.75 Å². The summed E-state index contributed by atoms with van der Waals surface area (Å²) in [7, 11) is 0. The van der Waals surface area contributed by atoms with Crippen molar-refractivity contribution in [1.82, 2.24) is 4.98 Å². The third kappa shape index (κ3) is 5.31. The third-order valence-electron chi connectivity index (χ3n) is 3.12. The molecule has 6 heteroatoms. The van der Waals surface area contributed by atoms with E-state index in [-0.39, 0.29) is 6.42 Å². The summed E-state index contributed by atoms with van der Waals surface area (Å²) in [5, 5.41) is 10.5. The number of unbranched alkanes of at least 4 members (excludes halogenated alkanes) is 1. The number of halogens is 1. The summed E-state index contributed by atoms with van der Waals surface area (Å²) in [6.07, 6.45) is 2.81. The number of thiazole rings is 1. The van der Waals surface area contributed by atoms with Gasteiger partial charge in [0.15, 0.2) is 0 Å². The first-order chi connectivity index (χ1) is 10.5. The number of ether oxygens (including phenoxy) is 1. The van der Waals surface area contributed by atoms with Gasteiger partial charge in [0.25, 0.3) is 0 Å². The minimum Gasteiger partial charge on any atom is -0.494 e. The van der Waals surface area contributed by atoms with Crippen molar-refractivity contribution < 1.29 is 14.6 Å². The monoisotopic (exact) mass is 339 g/mol. The van der Waals surface area contributed by atoms with Crippen molar-refractivity contribution in [2.45, 2.75) is 32.6 Å². The van der Waals surface area contributed by atoms with Crippen LogP contribution in [0.4, 0.5) is 0 Å². The van der Waals surface area contributed by atoms with Gasteiger partial charge in [-0.2, -0.15) is 0 Å². The van der Waals surface area contributed by atoms with Crippen LogP contribution in [0.1, 0.15) is 28.4 Å². The summed E-state index contributed by atoms with van der Waals surface area (Å²) in [5.41, 5.74) is 0.833. The van der Waals surface area contributed by atoms with Gasteiger partial charge in [0.2, 0.25) is 0 Å². The Kier molecular flexibility index (Phi) is 6.21. The van der Waals surface area contributed by atoms with E-state index in [9.17, 15) is 4.79 Å². The van der Waals surface area contributed by atoms with Crippen LogP contribution in [0.2, 0.25) is 5.02 Å². The zero-order valence-corrected chi connectivity index (χ0v) is 13.9. The molecular weight excluding hydrogens is 322 g/mol. The SMILES string of the molecule is Cc1nc(CCCCOc2ccc(Cl)cc2)sc1CC(=O)O. The van der Waals surface area contributed by atoms with E-state index in [0.717, 1.165) is 40.6 Å². The molecule has 2 rings (SSSR count). The molecule has 0 unspecified atom stereocenters. The highest BCUT2D eigenvalue weighted by atomic mass is 35.5. The highest BCUT2D eigenvalue weighted by Crippen LogP contribution is 2.20. The van der Waals surface area contributed by atoms with Gasteiger partial charge in [0.05, 0.1) is 23.7 Å². The van der Waals surface area contributed by atoms with E-state index in [1.54, 1.807) is 12.1 Å². The van der Waals surface area contributed by atoms with E-state index in [4.69, 9.17) is 21.4 Å². The molecule has 1 aromatic heterocycles. The van der Waals surface area contributed by atoms with Gasteiger partial charge >= 0.3 is 5.97 Å². The molecule has 1 heterocycles. The predicted molar refractivity (Wildman–Crippen MR) is 88.1 cm³/mol. The fourth-order valence-electron chi connectivity index (χ4n) is 2.00. The largest absolute Gasteiger partial charge is 0.494 e. The second-order valence-electron chi connectivity index (χ2n) is 4.95. The first kappa shape index (κ1) is 16.8. The standard InChI is InChI=1S/C16H18ClNO3S/c1-11-14(10-16(19)20)22-15(18-11)4-2-3-9-21-13-7-5-12(17)6-8-13/h5-8H,2-4,9-10H2,1H3,(H,19,20). The fourth-order valence-corrected chi connectivity index (χ4v) is 3.22. The molecule has 2 aromatic rings. The van der Waals surface area contributed by atoms with Crippen molar-refractivity contribution in [2.24, 2.45) is 0 Å². The maximum Gasteiger partial charge on any atom is 0.308 e. The molecule has 0 aliphatic rings. The average molecular weight is 340 g/mol. The molecule has 0 atom stereocenters. The van der Waals surface area contributed by atoms with Crippen LogP contribution in [0.3, 0.4) is 0 Å². The number of hydrogen-bond donors (Lipinski definition) is 1. The molecule has 0 spiro atoms. The van der Waals surface area contributed by atoms with Crippen molar-refractivity contribution >= 4 is 28.9 Å². The molecule has 0 saturated carbocycles. The molecular formula is C16H18ClNO3S. The second kappa shape index (κ2) is 8.15. The fraction of sp³-hybridized carbons (Fsp3) is 0.375. The topological polar surface area (TPSA) is 59.4 Å².